The highest BCUT2D eigenvalue weighted by atomic mass is 16.5. The average Bonchev–Trinajstić information content (AvgIpc) is 2.87. The van der Waals surface area contributed by atoms with Crippen LogP contribution in [0.25, 0.3) is 0 Å². The summed E-state index contributed by atoms with van der Waals surface area (Å²) in [5.74, 6) is 1.13. The van der Waals surface area contributed by atoms with Crippen LogP contribution in [-0.2, 0) is 9.53 Å². The number of carbonyl (C=O) groups is 1. The Morgan fingerprint density at radius 1 is 1.28 bits per heavy atom. The molecule has 0 spiro atoms. The molecule has 0 unspecified atom stereocenters. The molecule has 0 aromatic heterocycles. The molecular formula is C15H18O3. The SMILES string of the molecule is COC(=O)/C=C1\CC[C@H](c2ccc(OC)cc2)C1. The molecule has 1 aliphatic carbocycles. The summed E-state index contributed by atoms with van der Waals surface area (Å²) in [6, 6.07) is 8.17. The molecule has 1 aromatic rings. The first-order valence-electron chi connectivity index (χ1n) is 6.14. The van der Waals surface area contributed by atoms with E-state index in [2.05, 4.69) is 16.9 Å². The molecule has 0 bridgehead atoms. The van der Waals surface area contributed by atoms with Gasteiger partial charge in [0.2, 0.25) is 0 Å². The predicted molar refractivity (Wildman–Crippen MR) is 69.7 cm³/mol. The van der Waals surface area contributed by atoms with Gasteiger partial charge in [0.15, 0.2) is 0 Å². The van der Waals surface area contributed by atoms with Crippen LogP contribution in [0.2, 0.25) is 0 Å². The van der Waals surface area contributed by atoms with E-state index < -0.39 is 0 Å². The summed E-state index contributed by atoms with van der Waals surface area (Å²) in [5.41, 5.74) is 2.49. The number of ether oxygens (including phenoxy) is 2. The second-order valence-electron chi connectivity index (χ2n) is 4.54. The van der Waals surface area contributed by atoms with Crippen LogP contribution in [0.3, 0.4) is 0 Å². The number of carbonyl (C=O) groups excluding carboxylic acids is 1. The lowest BCUT2D eigenvalue weighted by molar-refractivity contribution is -0.134. The third kappa shape index (κ3) is 2.92. The van der Waals surface area contributed by atoms with Gasteiger partial charge in [0.1, 0.15) is 5.75 Å². The summed E-state index contributed by atoms with van der Waals surface area (Å²) in [6.07, 6.45) is 4.64. The number of allylic oxidation sites excluding steroid dienone is 1. The van der Waals surface area contributed by atoms with Gasteiger partial charge >= 0.3 is 5.97 Å². The van der Waals surface area contributed by atoms with Gasteiger partial charge in [-0.2, -0.15) is 0 Å². The molecule has 1 aliphatic rings. The van der Waals surface area contributed by atoms with Crippen molar-refractivity contribution in [3.63, 3.8) is 0 Å². The average molecular weight is 246 g/mol. The molecule has 1 saturated carbocycles. The molecule has 2 rings (SSSR count). The van der Waals surface area contributed by atoms with Crippen molar-refractivity contribution in [2.75, 3.05) is 14.2 Å². The Hall–Kier alpha value is -1.77. The Morgan fingerprint density at radius 3 is 2.61 bits per heavy atom. The fraction of sp³-hybridized carbons (Fsp3) is 0.400. The van der Waals surface area contributed by atoms with E-state index in [0.717, 1.165) is 25.0 Å². The van der Waals surface area contributed by atoms with E-state index in [0.29, 0.717) is 5.92 Å². The number of hydrogen-bond acceptors (Lipinski definition) is 3. The molecule has 1 aromatic carbocycles. The van der Waals surface area contributed by atoms with Crippen LogP contribution in [-0.4, -0.2) is 20.2 Å². The smallest absolute Gasteiger partial charge is 0.330 e. The molecule has 18 heavy (non-hydrogen) atoms. The fourth-order valence-electron chi connectivity index (χ4n) is 2.40. The summed E-state index contributed by atoms with van der Waals surface area (Å²) in [7, 11) is 3.08. The van der Waals surface area contributed by atoms with Crippen LogP contribution in [0.1, 0.15) is 30.7 Å². The van der Waals surface area contributed by atoms with Crippen molar-refractivity contribution >= 4 is 5.97 Å². The number of benzene rings is 1. The van der Waals surface area contributed by atoms with Gasteiger partial charge in [-0.05, 0) is 42.9 Å². The molecule has 0 aliphatic heterocycles. The molecule has 96 valence electrons. The molecular weight excluding hydrogens is 228 g/mol. The van der Waals surface area contributed by atoms with E-state index in [-0.39, 0.29) is 5.97 Å². The van der Waals surface area contributed by atoms with E-state index in [1.165, 1.54) is 18.2 Å². The Balaban J connectivity index is 2.03. The van der Waals surface area contributed by atoms with Crippen molar-refractivity contribution in [3.8, 4) is 5.75 Å². The topological polar surface area (TPSA) is 35.5 Å². The summed E-state index contributed by atoms with van der Waals surface area (Å²) >= 11 is 0. The normalized spacial score (nSPS) is 21.0. The standard InChI is InChI=1S/C15H18O3/c1-17-14-7-5-12(6-8-14)13-4-3-11(9-13)10-15(16)18-2/h5-8,10,13H,3-4,9H2,1-2H3/b11-10+/t13-/m0/s1. The summed E-state index contributed by atoms with van der Waals surface area (Å²) in [5, 5.41) is 0. The lowest BCUT2D eigenvalue weighted by Gasteiger charge is -2.09. The molecule has 3 heteroatoms. The van der Waals surface area contributed by atoms with E-state index in [9.17, 15) is 4.79 Å². The maximum atomic E-state index is 11.2. The van der Waals surface area contributed by atoms with E-state index >= 15 is 0 Å². The Labute approximate surface area is 107 Å². The zero-order valence-corrected chi connectivity index (χ0v) is 10.8. The Bertz CT molecular complexity index is 445. The van der Waals surface area contributed by atoms with Crippen molar-refractivity contribution in [3.05, 3.63) is 41.5 Å². The summed E-state index contributed by atoms with van der Waals surface area (Å²) in [4.78, 5) is 11.2. The lowest BCUT2D eigenvalue weighted by atomic mass is 9.97. The van der Waals surface area contributed by atoms with Gasteiger partial charge in [0.25, 0.3) is 0 Å². The van der Waals surface area contributed by atoms with Crippen molar-refractivity contribution in [2.24, 2.45) is 0 Å². The van der Waals surface area contributed by atoms with E-state index in [4.69, 9.17) is 4.74 Å². The van der Waals surface area contributed by atoms with E-state index in [1.54, 1.807) is 13.2 Å². The van der Waals surface area contributed by atoms with Crippen LogP contribution in [0.15, 0.2) is 35.9 Å². The molecule has 0 radical (unpaired) electrons. The minimum absolute atomic E-state index is 0.250. The van der Waals surface area contributed by atoms with Gasteiger partial charge in [0.05, 0.1) is 14.2 Å². The van der Waals surface area contributed by atoms with Gasteiger partial charge < -0.3 is 9.47 Å². The Kier molecular flexibility index (Phi) is 4.03. The quantitative estimate of drug-likeness (QED) is 0.607. The third-order valence-electron chi connectivity index (χ3n) is 3.43. The highest BCUT2D eigenvalue weighted by Crippen LogP contribution is 2.38. The highest BCUT2D eigenvalue weighted by molar-refractivity contribution is 5.82. The monoisotopic (exact) mass is 246 g/mol. The van der Waals surface area contributed by atoms with Gasteiger partial charge in [-0.15, -0.1) is 0 Å². The minimum Gasteiger partial charge on any atom is -0.497 e. The van der Waals surface area contributed by atoms with Gasteiger partial charge in [-0.3, -0.25) is 0 Å². The number of rotatable bonds is 3. The largest absolute Gasteiger partial charge is 0.497 e. The first-order valence-corrected chi connectivity index (χ1v) is 6.14. The fourth-order valence-corrected chi connectivity index (χ4v) is 2.40. The second-order valence-corrected chi connectivity index (χ2v) is 4.54. The zero-order chi connectivity index (χ0) is 13.0. The van der Waals surface area contributed by atoms with Gasteiger partial charge in [0, 0.05) is 6.08 Å². The molecule has 0 amide bonds. The molecule has 3 nitrogen and oxygen atoms in total. The maximum absolute atomic E-state index is 11.2. The van der Waals surface area contributed by atoms with Crippen LogP contribution >= 0.6 is 0 Å². The van der Waals surface area contributed by atoms with Crippen molar-refractivity contribution in [1.82, 2.24) is 0 Å². The third-order valence-corrected chi connectivity index (χ3v) is 3.43. The zero-order valence-electron chi connectivity index (χ0n) is 10.8. The molecule has 0 N–H and O–H groups in total. The highest BCUT2D eigenvalue weighted by Gasteiger charge is 2.21. The maximum Gasteiger partial charge on any atom is 0.330 e. The summed E-state index contributed by atoms with van der Waals surface area (Å²) in [6.45, 7) is 0. The van der Waals surface area contributed by atoms with Crippen LogP contribution in [0.5, 0.6) is 5.75 Å². The number of hydrogen-bond donors (Lipinski definition) is 0. The molecule has 0 heterocycles. The number of esters is 1. The first kappa shape index (κ1) is 12.7. The number of methoxy groups -OCH3 is 2. The van der Waals surface area contributed by atoms with Gasteiger partial charge in [-0.25, -0.2) is 4.79 Å². The van der Waals surface area contributed by atoms with Crippen molar-refractivity contribution in [2.45, 2.75) is 25.2 Å². The van der Waals surface area contributed by atoms with Crippen LogP contribution in [0, 0.1) is 0 Å². The lowest BCUT2D eigenvalue weighted by Crippen LogP contribution is -1.96. The van der Waals surface area contributed by atoms with E-state index in [1.807, 2.05) is 12.1 Å². The van der Waals surface area contributed by atoms with Crippen molar-refractivity contribution in [1.29, 1.82) is 0 Å². The van der Waals surface area contributed by atoms with Gasteiger partial charge in [-0.1, -0.05) is 17.7 Å². The predicted octanol–water partition coefficient (Wildman–Crippen LogP) is 3.06. The second kappa shape index (κ2) is 5.71. The van der Waals surface area contributed by atoms with Crippen LogP contribution < -0.4 is 4.74 Å². The van der Waals surface area contributed by atoms with Crippen molar-refractivity contribution < 1.29 is 14.3 Å². The Morgan fingerprint density at radius 2 is 2.00 bits per heavy atom. The minimum atomic E-state index is -0.250. The molecule has 0 saturated heterocycles. The molecule has 1 fully saturated rings. The molecule has 1 atom stereocenters. The summed E-state index contributed by atoms with van der Waals surface area (Å²) < 4.78 is 9.80. The van der Waals surface area contributed by atoms with Crippen LogP contribution in [0.4, 0.5) is 0 Å². The first-order chi connectivity index (χ1) is 8.72.